The number of hydrogen-bond donors (Lipinski definition) is 3. The summed E-state index contributed by atoms with van der Waals surface area (Å²) in [6.07, 6.45) is 4.36. The first kappa shape index (κ1) is 12.5. The SMILES string of the molecule is NC1C=CC(C(=O)Nc2cccc(-c3nn[nH]n3)c2)C1. The Hall–Kier alpha value is -2.54. The van der Waals surface area contributed by atoms with Gasteiger partial charge in [-0.25, -0.2) is 0 Å². The van der Waals surface area contributed by atoms with Crippen molar-refractivity contribution < 1.29 is 4.79 Å². The van der Waals surface area contributed by atoms with Crippen molar-refractivity contribution in [3.8, 4) is 11.4 Å². The van der Waals surface area contributed by atoms with E-state index in [-0.39, 0.29) is 17.9 Å². The molecule has 0 aliphatic heterocycles. The van der Waals surface area contributed by atoms with Gasteiger partial charge in [-0.2, -0.15) is 5.21 Å². The zero-order valence-electron chi connectivity index (χ0n) is 10.7. The number of amides is 1. The van der Waals surface area contributed by atoms with Gasteiger partial charge in [0.05, 0.1) is 5.92 Å². The van der Waals surface area contributed by atoms with Crippen molar-refractivity contribution in [3.63, 3.8) is 0 Å². The number of tetrazole rings is 1. The number of nitrogens with two attached hydrogens (primary N) is 1. The molecule has 2 atom stereocenters. The van der Waals surface area contributed by atoms with Crippen molar-refractivity contribution in [1.82, 2.24) is 20.6 Å². The topological polar surface area (TPSA) is 110 Å². The maximum atomic E-state index is 12.1. The molecule has 4 N–H and O–H groups in total. The summed E-state index contributed by atoms with van der Waals surface area (Å²) in [4.78, 5) is 12.1. The van der Waals surface area contributed by atoms with Crippen LogP contribution in [-0.2, 0) is 4.79 Å². The zero-order chi connectivity index (χ0) is 13.9. The van der Waals surface area contributed by atoms with E-state index in [1.165, 1.54) is 0 Å². The van der Waals surface area contributed by atoms with E-state index in [1.807, 2.05) is 30.4 Å². The molecule has 0 saturated carbocycles. The molecule has 1 aromatic carbocycles. The van der Waals surface area contributed by atoms with Crippen LogP contribution < -0.4 is 11.1 Å². The third kappa shape index (κ3) is 2.57. The van der Waals surface area contributed by atoms with Crippen molar-refractivity contribution in [1.29, 1.82) is 0 Å². The van der Waals surface area contributed by atoms with Crippen LogP contribution in [0.2, 0.25) is 0 Å². The number of nitrogens with zero attached hydrogens (tertiary/aromatic N) is 3. The molecule has 1 aromatic heterocycles. The van der Waals surface area contributed by atoms with E-state index < -0.39 is 0 Å². The Bertz CT molecular complexity index is 636. The van der Waals surface area contributed by atoms with Crippen LogP contribution >= 0.6 is 0 Å². The molecule has 0 fully saturated rings. The first-order chi connectivity index (χ1) is 9.72. The third-order valence-corrected chi connectivity index (χ3v) is 3.19. The summed E-state index contributed by atoms with van der Waals surface area (Å²) in [5.41, 5.74) is 7.24. The molecule has 2 aromatic rings. The van der Waals surface area contributed by atoms with Crippen molar-refractivity contribution in [2.75, 3.05) is 5.32 Å². The fourth-order valence-electron chi connectivity index (χ4n) is 2.18. The molecule has 1 aliphatic carbocycles. The van der Waals surface area contributed by atoms with Crippen LogP contribution in [0, 0.1) is 5.92 Å². The molecule has 0 bridgehead atoms. The first-order valence-corrected chi connectivity index (χ1v) is 6.31. The standard InChI is InChI=1S/C13H14N6O/c14-10-5-4-9(6-10)13(20)15-11-3-1-2-8(7-11)12-16-18-19-17-12/h1-5,7,9-10H,6,14H2,(H,15,20)(H,16,17,18,19). The van der Waals surface area contributed by atoms with E-state index in [2.05, 4.69) is 25.9 Å². The number of hydrogen-bond acceptors (Lipinski definition) is 5. The molecule has 1 amide bonds. The number of nitrogens with one attached hydrogen (secondary N) is 2. The predicted molar refractivity (Wildman–Crippen MR) is 73.5 cm³/mol. The molecular formula is C13H14N6O. The lowest BCUT2D eigenvalue weighted by Gasteiger charge is -2.11. The number of aromatic amines is 1. The Kier molecular flexibility index (Phi) is 3.26. The predicted octanol–water partition coefficient (Wildman–Crippen LogP) is 0.709. The Morgan fingerprint density at radius 1 is 1.40 bits per heavy atom. The lowest BCUT2D eigenvalue weighted by molar-refractivity contribution is -0.118. The molecule has 0 radical (unpaired) electrons. The monoisotopic (exact) mass is 270 g/mol. The Balaban J connectivity index is 1.73. The molecule has 1 heterocycles. The minimum Gasteiger partial charge on any atom is -0.326 e. The quantitative estimate of drug-likeness (QED) is 0.711. The number of aromatic nitrogens is 4. The molecule has 7 nitrogen and oxygen atoms in total. The van der Waals surface area contributed by atoms with Crippen LogP contribution in [0.3, 0.4) is 0 Å². The third-order valence-electron chi connectivity index (χ3n) is 3.19. The van der Waals surface area contributed by atoms with Gasteiger partial charge in [0.15, 0.2) is 0 Å². The summed E-state index contributed by atoms with van der Waals surface area (Å²) in [5.74, 6) is 0.266. The highest BCUT2D eigenvalue weighted by Gasteiger charge is 2.22. The average molecular weight is 270 g/mol. The second-order valence-corrected chi connectivity index (χ2v) is 4.70. The fourth-order valence-corrected chi connectivity index (χ4v) is 2.18. The van der Waals surface area contributed by atoms with Crippen LogP contribution in [0.4, 0.5) is 5.69 Å². The van der Waals surface area contributed by atoms with E-state index in [1.54, 1.807) is 6.07 Å². The van der Waals surface area contributed by atoms with Gasteiger partial charge in [0.1, 0.15) is 0 Å². The molecule has 1 aliphatic rings. The average Bonchev–Trinajstić information content (AvgIpc) is 3.10. The molecule has 0 spiro atoms. The number of carbonyl (C=O) groups is 1. The van der Waals surface area contributed by atoms with E-state index in [9.17, 15) is 4.79 Å². The summed E-state index contributed by atoms with van der Waals surface area (Å²) >= 11 is 0. The van der Waals surface area contributed by atoms with Gasteiger partial charge >= 0.3 is 0 Å². The second kappa shape index (κ2) is 5.22. The van der Waals surface area contributed by atoms with E-state index in [0.717, 1.165) is 5.56 Å². The lowest BCUT2D eigenvalue weighted by atomic mass is 10.1. The van der Waals surface area contributed by atoms with Gasteiger partial charge in [0.25, 0.3) is 0 Å². The van der Waals surface area contributed by atoms with Crippen LogP contribution in [0.5, 0.6) is 0 Å². The summed E-state index contributed by atoms with van der Waals surface area (Å²) in [7, 11) is 0. The van der Waals surface area contributed by atoms with Gasteiger partial charge < -0.3 is 11.1 Å². The number of H-pyrrole nitrogens is 1. The second-order valence-electron chi connectivity index (χ2n) is 4.70. The summed E-state index contributed by atoms with van der Waals surface area (Å²) < 4.78 is 0. The van der Waals surface area contributed by atoms with Crippen LogP contribution in [0.15, 0.2) is 36.4 Å². The van der Waals surface area contributed by atoms with Crippen molar-refractivity contribution in [2.24, 2.45) is 11.7 Å². The maximum Gasteiger partial charge on any atom is 0.231 e. The summed E-state index contributed by atoms with van der Waals surface area (Å²) in [5, 5.41) is 16.6. The smallest absolute Gasteiger partial charge is 0.231 e. The normalized spacial score (nSPS) is 21.1. The number of carbonyl (C=O) groups excluding carboxylic acids is 1. The van der Waals surface area contributed by atoms with Crippen molar-refractivity contribution >= 4 is 11.6 Å². The van der Waals surface area contributed by atoms with Gasteiger partial charge in [0, 0.05) is 17.3 Å². The molecule has 0 saturated heterocycles. The van der Waals surface area contributed by atoms with E-state index in [0.29, 0.717) is 17.9 Å². The summed E-state index contributed by atoms with van der Waals surface area (Å²) in [6.45, 7) is 0. The Labute approximate surface area is 115 Å². The number of anilines is 1. The number of rotatable bonds is 3. The Morgan fingerprint density at radius 3 is 3.00 bits per heavy atom. The van der Waals surface area contributed by atoms with Gasteiger partial charge in [-0.15, -0.1) is 10.2 Å². The van der Waals surface area contributed by atoms with Crippen LogP contribution in [0.1, 0.15) is 6.42 Å². The highest BCUT2D eigenvalue weighted by molar-refractivity contribution is 5.94. The highest BCUT2D eigenvalue weighted by Crippen LogP contribution is 2.21. The lowest BCUT2D eigenvalue weighted by Crippen LogP contribution is -2.23. The maximum absolute atomic E-state index is 12.1. The van der Waals surface area contributed by atoms with E-state index >= 15 is 0 Å². The zero-order valence-corrected chi connectivity index (χ0v) is 10.7. The van der Waals surface area contributed by atoms with Gasteiger partial charge in [-0.3, -0.25) is 4.79 Å². The van der Waals surface area contributed by atoms with Crippen molar-refractivity contribution in [3.05, 3.63) is 36.4 Å². The largest absolute Gasteiger partial charge is 0.326 e. The first-order valence-electron chi connectivity index (χ1n) is 6.31. The number of benzene rings is 1. The molecule has 102 valence electrons. The summed E-state index contributed by atoms with van der Waals surface area (Å²) in [6, 6.07) is 7.28. The molecular weight excluding hydrogens is 256 g/mol. The molecule has 3 rings (SSSR count). The fraction of sp³-hybridized carbons (Fsp3) is 0.231. The van der Waals surface area contributed by atoms with Crippen LogP contribution in [0.25, 0.3) is 11.4 Å². The molecule has 7 heteroatoms. The highest BCUT2D eigenvalue weighted by atomic mass is 16.1. The minimum atomic E-state index is -0.168. The van der Waals surface area contributed by atoms with Crippen LogP contribution in [-0.4, -0.2) is 32.6 Å². The van der Waals surface area contributed by atoms with Gasteiger partial charge in [-0.05, 0) is 23.8 Å². The minimum absolute atomic E-state index is 0.0311. The molecule has 20 heavy (non-hydrogen) atoms. The van der Waals surface area contributed by atoms with Gasteiger partial charge in [0.2, 0.25) is 11.7 Å². The van der Waals surface area contributed by atoms with Crippen molar-refractivity contribution in [2.45, 2.75) is 12.5 Å². The molecule has 2 unspecified atom stereocenters. The van der Waals surface area contributed by atoms with Gasteiger partial charge in [-0.1, -0.05) is 24.3 Å². The Morgan fingerprint density at radius 2 is 2.30 bits per heavy atom. The van der Waals surface area contributed by atoms with E-state index in [4.69, 9.17) is 5.73 Å².